The zero-order valence-corrected chi connectivity index (χ0v) is 22.1. The van der Waals surface area contributed by atoms with Gasteiger partial charge in [0.25, 0.3) is 0 Å². The van der Waals surface area contributed by atoms with E-state index >= 15 is 0 Å². The normalized spacial score (nSPS) is 11.7. The smallest absolute Gasteiger partial charge is 0.225 e. The Kier molecular flexibility index (Phi) is 8.31. The number of carbonyl (C=O) groups is 1. The first-order valence-electron chi connectivity index (χ1n) is 12.7. The van der Waals surface area contributed by atoms with Gasteiger partial charge in [0, 0.05) is 11.4 Å². The molecule has 0 radical (unpaired) electrons. The molecule has 0 saturated heterocycles. The summed E-state index contributed by atoms with van der Waals surface area (Å²) in [7, 11) is 0. The quantitative estimate of drug-likeness (QED) is 0.214. The van der Waals surface area contributed by atoms with Crippen LogP contribution in [0.15, 0.2) is 120 Å². The number of nitrogens with one attached hydrogen (secondary N) is 1. The molecule has 190 valence electrons. The van der Waals surface area contributed by atoms with Crippen molar-refractivity contribution in [2.45, 2.75) is 36.7 Å². The van der Waals surface area contributed by atoms with E-state index in [0.717, 1.165) is 33.5 Å². The van der Waals surface area contributed by atoms with Gasteiger partial charge in [-0.1, -0.05) is 120 Å². The maximum Gasteiger partial charge on any atom is 0.225 e. The van der Waals surface area contributed by atoms with E-state index in [4.69, 9.17) is 0 Å². The van der Waals surface area contributed by atoms with Crippen LogP contribution in [0.2, 0.25) is 0 Å². The van der Waals surface area contributed by atoms with Crippen molar-refractivity contribution in [3.05, 3.63) is 143 Å². The number of nitrogens with zero attached hydrogens (tertiary/aromatic N) is 3. The Morgan fingerprint density at radius 2 is 1.34 bits per heavy atom. The van der Waals surface area contributed by atoms with Crippen molar-refractivity contribution in [2.24, 2.45) is 0 Å². The molecule has 0 aliphatic rings. The molecule has 1 amide bonds. The lowest BCUT2D eigenvalue weighted by molar-refractivity contribution is -0.121. The second kappa shape index (κ2) is 12.4. The van der Waals surface area contributed by atoms with E-state index in [0.29, 0.717) is 12.8 Å². The molecule has 1 aromatic heterocycles. The molecule has 5 rings (SSSR count). The Bertz CT molecular complexity index is 1450. The largest absolute Gasteiger partial charge is 0.345 e. The summed E-state index contributed by atoms with van der Waals surface area (Å²) in [4.78, 5) is 13.2. The highest BCUT2D eigenvalue weighted by Gasteiger charge is 2.25. The van der Waals surface area contributed by atoms with Crippen LogP contribution in [0.5, 0.6) is 0 Å². The molecule has 0 bridgehead atoms. The van der Waals surface area contributed by atoms with E-state index in [-0.39, 0.29) is 11.9 Å². The molecule has 38 heavy (non-hydrogen) atoms. The third-order valence-corrected chi connectivity index (χ3v) is 7.30. The van der Waals surface area contributed by atoms with Crippen molar-refractivity contribution in [1.82, 2.24) is 20.1 Å². The Morgan fingerprint density at radius 1 is 0.763 bits per heavy atom. The monoisotopic (exact) mass is 518 g/mol. The first kappa shape index (κ1) is 25.5. The lowest BCUT2D eigenvalue weighted by atomic mass is 10.0. The van der Waals surface area contributed by atoms with Crippen molar-refractivity contribution >= 4 is 17.7 Å². The Balaban J connectivity index is 1.50. The summed E-state index contributed by atoms with van der Waals surface area (Å²) >= 11 is 1.64. The van der Waals surface area contributed by atoms with Gasteiger partial charge >= 0.3 is 0 Å². The first-order valence-corrected chi connectivity index (χ1v) is 13.7. The van der Waals surface area contributed by atoms with E-state index in [1.54, 1.807) is 11.8 Å². The summed E-state index contributed by atoms with van der Waals surface area (Å²) in [6.07, 6.45) is 0.912. The molecule has 1 unspecified atom stereocenters. The van der Waals surface area contributed by atoms with Crippen LogP contribution in [-0.4, -0.2) is 20.7 Å². The van der Waals surface area contributed by atoms with E-state index in [1.807, 2.05) is 66.7 Å². The predicted molar refractivity (Wildman–Crippen MR) is 153 cm³/mol. The van der Waals surface area contributed by atoms with Gasteiger partial charge in [0.2, 0.25) is 5.91 Å². The zero-order chi connectivity index (χ0) is 26.2. The Morgan fingerprint density at radius 3 is 1.97 bits per heavy atom. The molecular weight excluding hydrogens is 488 g/mol. The van der Waals surface area contributed by atoms with Crippen molar-refractivity contribution in [3.63, 3.8) is 0 Å². The number of rotatable bonds is 10. The SMILES string of the molecule is Cc1ccc(-n2c(SCc3ccccc3)nnc2C(Cc2ccccc2)NC(=O)Cc2ccccc2)cc1. The fourth-order valence-corrected chi connectivity index (χ4v) is 5.26. The molecule has 1 atom stereocenters. The van der Waals surface area contributed by atoms with Crippen molar-refractivity contribution in [2.75, 3.05) is 0 Å². The molecule has 5 nitrogen and oxygen atoms in total. The molecule has 4 aromatic carbocycles. The number of hydrogen-bond acceptors (Lipinski definition) is 4. The number of thioether (sulfide) groups is 1. The van der Waals surface area contributed by atoms with Crippen molar-refractivity contribution in [1.29, 1.82) is 0 Å². The number of carbonyl (C=O) groups excluding carboxylic acids is 1. The maximum absolute atomic E-state index is 13.2. The molecule has 1 N–H and O–H groups in total. The summed E-state index contributed by atoms with van der Waals surface area (Å²) in [6, 6.07) is 38.3. The summed E-state index contributed by atoms with van der Waals surface area (Å²) in [5.74, 6) is 1.44. The second-order valence-electron chi connectivity index (χ2n) is 9.26. The van der Waals surface area contributed by atoms with Crippen LogP contribution in [0.3, 0.4) is 0 Å². The van der Waals surface area contributed by atoms with E-state index in [1.165, 1.54) is 11.1 Å². The molecular formula is C32H30N4OS. The van der Waals surface area contributed by atoms with E-state index in [2.05, 4.69) is 75.5 Å². The Labute approximate surface area is 228 Å². The minimum absolute atomic E-state index is 0.0472. The van der Waals surface area contributed by atoms with E-state index in [9.17, 15) is 4.79 Å². The molecule has 0 aliphatic heterocycles. The molecule has 0 fully saturated rings. The molecule has 0 spiro atoms. The number of amides is 1. The third-order valence-electron chi connectivity index (χ3n) is 6.30. The van der Waals surface area contributed by atoms with Gasteiger partial charge in [-0.25, -0.2) is 0 Å². The van der Waals surface area contributed by atoms with E-state index < -0.39 is 0 Å². The van der Waals surface area contributed by atoms with Gasteiger partial charge in [-0.2, -0.15) is 0 Å². The standard InChI is InChI=1S/C32H30N4OS/c1-24-17-19-28(20-18-24)36-31(34-35-32(36)38-23-27-15-9-4-10-16-27)29(21-25-11-5-2-6-12-25)33-30(37)22-26-13-7-3-8-14-26/h2-20,29H,21-23H2,1H3,(H,33,37). The summed E-state index contributed by atoms with van der Waals surface area (Å²) in [6.45, 7) is 2.07. The number of aryl methyl sites for hydroxylation is 1. The average molecular weight is 519 g/mol. The fraction of sp³-hybridized carbons (Fsp3) is 0.156. The Hall–Kier alpha value is -4.16. The minimum atomic E-state index is -0.353. The van der Waals surface area contributed by atoms with Crippen LogP contribution in [0, 0.1) is 6.92 Å². The first-order chi connectivity index (χ1) is 18.7. The predicted octanol–water partition coefficient (Wildman–Crippen LogP) is 6.51. The summed E-state index contributed by atoms with van der Waals surface area (Å²) in [5, 5.41) is 13.3. The highest BCUT2D eigenvalue weighted by atomic mass is 32.2. The second-order valence-corrected chi connectivity index (χ2v) is 10.2. The van der Waals surface area contributed by atoms with Gasteiger partial charge < -0.3 is 5.32 Å². The molecule has 6 heteroatoms. The van der Waals surface area contributed by atoms with Crippen LogP contribution in [-0.2, 0) is 23.4 Å². The third kappa shape index (κ3) is 6.58. The van der Waals surface area contributed by atoms with Gasteiger partial charge in [0.05, 0.1) is 12.5 Å². The van der Waals surface area contributed by atoms with Gasteiger partial charge in [0.15, 0.2) is 11.0 Å². The molecule has 0 saturated carbocycles. The summed E-state index contributed by atoms with van der Waals surface area (Å²) < 4.78 is 2.09. The topological polar surface area (TPSA) is 59.8 Å². The van der Waals surface area contributed by atoms with Crippen molar-refractivity contribution < 1.29 is 4.79 Å². The van der Waals surface area contributed by atoms with Gasteiger partial charge in [-0.05, 0) is 42.2 Å². The number of aromatic nitrogens is 3. The summed E-state index contributed by atoms with van der Waals surface area (Å²) in [5.41, 5.74) is 5.46. The highest BCUT2D eigenvalue weighted by Crippen LogP contribution is 2.29. The van der Waals surface area contributed by atoms with Crippen LogP contribution < -0.4 is 5.32 Å². The lowest BCUT2D eigenvalue weighted by Gasteiger charge is -2.20. The van der Waals surface area contributed by atoms with Gasteiger partial charge in [-0.15, -0.1) is 10.2 Å². The highest BCUT2D eigenvalue weighted by molar-refractivity contribution is 7.98. The van der Waals surface area contributed by atoms with Gasteiger partial charge in [0.1, 0.15) is 0 Å². The number of benzene rings is 4. The molecule has 0 aliphatic carbocycles. The number of hydrogen-bond donors (Lipinski definition) is 1. The molecule has 1 heterocycles. The van der Waals surface area contributed by atoms with Crippen LogP contribution in [0.25, 0.3) is 5.69 Å². The maximum atomic E-state index is 13.2. The van der Waals surface area contributed by atoms with Crippen LogP contribution >= 0.6 is 11.8 Å². The van der Waals surface area contributed by atoms with Crippen molar-refractivity contribution in [3.8, 4) is 5.69 Å². The van der Waals surface area contributed by atoms with Crippen LogP contribution in [0.1, 0.15) is 34.1 Å². The lowest BCUT2D eigenvalue weighted by Crippen LogP contribution is -2.33. The zero-order valence-electron chi connectivity index (χ0n) is 21.3. The molecule has 5 aromatic rings. The van der Waals surface area contributed by atoms with Gasteiger partial charge in [-0.3, -0.25) is 9.36 Å². The van der Waals surface area contributed by atoms with Crippen LogP contribution in [0.4, 0.5) is 0 Å². The minimum Gasteiger partial charge on any atom is -0.345 e. The average Bonchev–Trinajstić information content (AvgIpc) is 3.37. The fourth-order valence-electron chi connectivity index (χ4n) is 4.34.